The lowest BCUT2D eigenvalue weighted by molar-refractivity contribution is -0.139. The SMILES string of the molecule is CNC(CCCCCCCc1ccc2c(n1)NCCC2)C(=O)O. The zero-order chi connectivity index (χ0) is 16.5. The Morgan fingerprint density at radius 2 is 2.09 bits per heavy atom. The van der Waals surface area contributed by atoms with Crippen LogP contribution in [0.25, 0.3) is 0 Å². The molecule has 0 spiro atoms. The highest BCUT2D eigenvalue weighted by Gasteiger charge is 2.13. The van der Waals surface area contributed by atoms with Gasteiger partial charge in [-0.1, -0.05) is 31.7 Å². The van der Waals surface area contributed by atoms with Gasteiger partial charge < -0.3 is 15.7 Å². The molecule has 23 heavy (non-hydrogen) atoms. The number of unbranched alkanes of at least 4 members (excludes halogenated alkanes) is 4. The van der Waals surface area contributed by atoms with Crippen molar-refractivity contribution in [3.63, 3.8) is 0 Å². The predicted octanol–water partition coefficient (Wildman–Crippen LogP) is 3.00. The van der Waals surface area contributed by atoms with Gasteiger partial charge in [0.1, 0.15) is 11.9 Å². The van der Waals surface area contributed by atoms with E-state index in [1.165, 1.54) is 30.5 Å². The summed E-state index contributed by atoms with van der Waals surface area (Å²) < 4.78 is 0. The quantitative estimate of drug-likeness (QED) is 0.578. The van der Waals surface area contributed by atoms with Crippen LogP contribution in [0.3, 0.4) is 0 Å². The van der Waals surface area contributed by atoms with Gasteiger partial charge in [-0.25, -0.2) is 4.98 Å². The molecule has 5 nitrogen and oxygen atoms in total. The van der Waals surface area contributed by atoms with Crippen LogP contribution < -0.4 is 10.6 Å². The number of carboxylic acid groups (broad SMARTS) is 1. The molecule has 2 rings (SSSR count). The second-order valence-corrected chi connectivity index (χ2v) is 6.33. The van der Waals surface area contributed by atoms with Crippen LogP contribution >= 0.6 is 0 Å². The van der Waals surface area contributed by atoms with Gasteiger partial charge in [0, 0.05) is 12.2 Å². The fourth-order valence-electron chi connectivity index (χ4n) is 3.08. The number of nitrogens with zero attached hydrogens (tertiary/aromatic N) is 1. The summed E-state index contributed by atoms with van der Waals surface area (Å²) in [5, 5.41) is 15.2. The van der Waals surface area contributed by atoms with Gasteiger partial charge in [-0.05, 0) is 50.8 Å². The van der Waals surface area contributed by atoms with Gasteiger partial charge in [-0.15, -0.1) is 0 Å². The van der Waals surface area contributed by atoms with Crippen LogP contribution in [0.2, 0.25) is 0 Å². The number of pyridine rings is 1. The van der Waals surface area contributed by atoms with E-state index in [9.17, 15) is 4.79 Å². The van der Waals surface area contributed by atoms with Gasteiger partial charge in [-0.2, -0.15) is 0 Å². The van der Waals surface area contributed by atoms with Gasteiger partial charge in [0.05, 0.1) is 0 Å². The molecule has 1 atom stereocenters. The highest BCUT2D eigenvalue weighted by atomic mass is 16.4. The van der Waals surface area contributed by atoms with E-state index in [0.717, 1.165) is 44.5 Å². The van der Waals surface area contributed by atoms with Crippen molar-refractivity contribution in [1.29, 1.82) is 0 Å². The lowest BCUT2D eigenvalue weighted by atomic mass is 10.0. The number of nitrogens with one attached hydrogen (secondary N) is 2. The Labute approximate surface area is 138 Å². The van der Waals surface area contributed by atoms with E-state index in [1.54, 1.807) is 7.05 Å². The molecule has 0 aromatic carbocycles. The molecule has 1 unspecified atom stereocenters. The number of hydrogen-bond acceptors (Lipinski definition) is 4. The minimum atomic E-state index is -0.750. The first kappa shape index (κ1) is 17.7. The number of hydrogen-bond donors (Lipinski definition) is 3. The van der Waals surface area contributed by atoms with Crippen LogP contribution in [-0.4, -0.2) is 35.7 Å². The second-order valence-electron chi connectivity index (χ2n) is 6.33. The third-order valence-corrected chi connectivity index (χ3v) is 4.52. The first-order chi connectivity index (χ1) is 11.2. The highest BCUT2D eigenvalue weighted by Crippen LogP contribution is 2.20. The minimum Gasteiger partial charge on any atom is -0.480 e. The molecule has 0 fully saturated rings. The Kier molecular flexibility index (Phi) is 7.33. The smallest absolute Gasteiger partial charge is 0.320 e. The number of carbonyl (C=O) groups is 1. The Balaban J connectivity index is 1.58. The molecule has 0 bridgehead atoms. The van der Waals surface area contributed by atoms with Gasteiger partial charge in [0.2, 0.25) is 0 Å². The van der Waals surface area contributed by atoms with Crippen LogP contribution in [0.4, 0.5) is 5.82 Å². The summed E-state index contributed by atoms with van der Waals surface area (Å²) in [5.74, 6) is 0.333. The van der Waals surface area contributed by atoms with E-state index in [2.05, 4.69) is 22.8 Å². The van der Waals surface area contributed by atoms with Crippen molar-refractivity contribution in [1.82, 2.24) is 10.3 Å². The van der Waals surface area contributed by atoms with Crippen molar-refractivity contribution >= 4 is 11.8 Å². The summed E-state index contributed by atoms with van der Waals surface area (Å²) in [7, 11) is 1.71. The van der Waals surface area contributed by atoms with Crippen LogP contribution in [0.5, 0.6) is 0 Å². The maximum absolute atomic E-state index is 10.9. The van der Waals surface area contributed by atoms with Crippen LogP contribution in [0.15, 0.2) is 12.1 Å². The second kappa shape index (κ2) is 9.50. The van der Waals surface area contributed by atoms with E-state index in [4.69, 9.17) is 10.1 Å². The minimum absolute atomic E-state index is 0.401. The van der Waals surface area contributed by atoms with E-state index >= 15 is 0 Å². The zero-order valence-corrected chi connectivity index (χ0v) is 14.1. The third-order valence-electron chi connectivity index (χ3n) is 4.52. The van der Waals surface area contributed by atoms with Gasteiger partial charge in [-0.3, -0.25) is 4.79 Å². The molecule has 0 saturated carbocycles. The highest BCUT2D eigenvalue weighted by molar-refractivity contribution is 5.73. The first-order valence-corrected chi connectivity index (χ1v) is 8.83. The molecule has 0 saturated heterocycles. The summed E-state index contributed by atoms with van der Waals surface area (Å²) >= 11 is 0. The molecule has 2 heterocycles. The standard InChI is InChI=1S/C18H29N3O2/c1-19-16(18(22)23)10-6-4-2-3-5-9-15-12-11-14-8-7-13-20-17(14)21-15/h11-12,16,19H,2-10,13H2,1H3,(H,20,21)(H,22,23). The molecular weight excluding hydrogens is 290 g/mol. The fraction of sp³-hybridized carbons (Fsp3) is 0.667. The summed E-state index contributed by atoms with van der Waals surface area (Å²) in [5.41, 5.74) is 2.52. The lowest BCUT2D eigenvalue weighted by Gasteiger charge is -2.17. The predicted molar refractivity (Wildman–Crippen MR) is 92.9 cm³/mol. The maximum atomic E-state index is 10.9. The van der Waals surface area contributed by atoms with E-state index < -0.39 is 12.0 Å². The Morgan fingerprint density at radius 3 is 2.87 bits per heavy atom. The Bertz CT molecular complexity index is 505. The molecule has 0 amide bonds. The maximum Gasteiger partial charge on any atom is 0.320 e. The molecule has 0 radical (unpaired) electrons. The number of aliphatic carboxylic acids is 1. The first-order valence-electron chi connectivity index (χ1n) is 8.83. The molecule has 1 aliphatic rings. The molecule has 1 aliphatic heterocycles. The van der Waals surface area contributed by atoms with E-state index in [-0.39, 0.29) is 0 Å². The number of likely N-dealkylation sites (N-methyl/N-ethyl adjacent to an activating group) is 1. The van der Waals surface area contributed by atoms with Gasteiger partial charge >= 0.3 is 5.97 Å². The van der Waals surface area contributed by atoms with Crippen molar-refractivity contribution in [3.8, 4) is 0 Å². The average Bonchev–Trinajstić information content (AvgIpc) is 2.57. The molecule has 128 valence electrons. The van der Waals surface area contributed by atoms with Crippen LogP contribution in [0, 0.1) is 0 Å². The van der Waals surface area contributed by atoms with Crippen LogP contribution in [-0.2, 0) is 17.6 Å². The average molecular weight is 319 g/mol. The zero-order valence-electron chi connectivity index (χ0n) is 14.1. The third kappa shape index (κ3) is 5.82. The van der Waals surface area contributed by atoms with Gasteiger partial charge in [0.15, 0.2) is 0 Å². The molecule has 1 aromatic rings. The lowest BCUT2D eigenvalue weighted by Crippen LogP contribution is -2.33. The number of rotatable bonds is 10. The largest absolute Gasteiger partial charge is 0.480 e. The van der Waals surface area contributed by atoms with Crippen molar-refractivity contribution < 1.29 is 9.90 Å². The summed E-state index contributed by atoms with van der Waals surface area (Å²) in [6, 6.07) is 3.98. The topological polar surface area (TPSA) is 74.2 Å². The molecule has 1 aromatic heterocycles. The van der Waals surface area contributed by atoms with E-state index in [0.29, 0.717) is 6.42 Å². The molecular formula is C18H29N3O2. The number of fused-ring (bicyclic) bond motifs is 1. The summed E-state index contributed by atoms with van der Waals surface area (Å²) in [6.07, 6.45) is 9.66. The van der Waals surface area contributed by atoms with Crippen molar-refractivity contribution in [2.75, 3.05) is 18.9 Å². The summed E-state index contributed by atoms with van der Waals surface area (Å²) in [6.45, 7) is 1.04. The number of carboxylic acids is 1. The van der Waals surface area contributed by atoms with Crippen molar-refractivity contribution in [2.24, 2.45) is 0 Å². The summed E-state index contributed by atoms with van der Waals surface area (Å²) in [4.78, 5) is 15.6. The molecule has 3 N–H and O–H groups in total. The van der Waals surface area contributed by atoms with E-state index in [1.807, 2.05) is 0 Å². The normalized spacial score (nSPS) is 14.8. The molecule has 0 aliphatic carbocycles. The fourth-order valence-corrected chi connectivity index (χ4v) is 3.08. The van der Waals surface area contributed by atoms with Gasteiger partial charge in [0.25, 0.3) is 0 Å². The van der Waals surface area contributed by atoms with Crippen molar-refractivity contribution in [3.05, 3.63) is 23.4 Å². The number of anilines is 1. The number of aromatic nitrogens is 1. The van der Waals surface area contributed by atoms with Crippen molar-refractivity contribution in [2.45, 2.75) is 63.8 Å². The Hall–Kier alpha value is -1.62. The van der Waals surface area contributed by atoms with Crippen LogP contribution in [0.1, 0.15) is 56.2 Å². The molecule has 5 heteroatoms. The Morgan fingerprint density at radius 1 is 1.30 bits per heavy atom. The number of aryl methyl sites for hydroxylation is 2. The monoisotopic (exact) mass is 319 g/mol.